The van der Waals surface area contributed by atoms with Gasteiger partial charge in [0.1, 0.15) is 11.5 Å². The van der Waals surface area contributed by atoms with Gasteiger partial charge in [0.2, 0.25) is 0 Å². The molecule has 1 aliphatic rings. The maximum Gasteiger partial charge on any atom is 0.191 e. The summed E-state index contributed by atoms with van der Waals surface area (Å²) in [7, 11) is 5.11. The summed E-state index contributed by atoms with van der Waals surface area (Å²) < 4.78 is 16.2. The quantitative estimate of drug-likeness (QED) is 0.530. The molecule has 7 nitrogen and oxygen atoms in total. The molecule has 0 radical (unpaired) electrons. The van der Waals surface area contributed by atoms with Crippen LogP contribution in [0, 0.1) is 5.92 Å². The molecule has 7 heteroatoms. The first-order valence-electron chi connectivity index (χ1n) is 9.56. The second-order valence-corrected chi connectivity index (χ2v) is 6.94. The van der Waals surface area contributed by atoms with E-state index in [1.165, 1.54) is 0 Å². The number of methoxy groups -OCH3 is 2. The summed E-state index contributed by atoms with van der Waals surface area (Å²) in [6.45, 7) is 9.59. The minimum Gasteiger partial charge on any atom is -0.497 e. The van der Waals surface area contributed by atoms with E-state index >= 15 is 0 Å². The lowest BCUT2D eigenvalue weighted by Gasteiger charge is -2.37. The number of ether oxygens (including phenoxy) is 3. The maximum atomic E-state index is 5.48. The van der Waals surface area contributed by atoms with Crippen LogP contribution in [0.3, 0.4) is 0 Å². The van der Waals surface area contributed by atoms with Gasteiger partial charge in [-0.05, 0) is 18.1 Å². The highest BCUT2D eigenvalue weighted by atomic mass is 16.5. The van der Waals surface area contributed by atoms with Crippen molar-refractivity contribution in [2.75, 3.05) is 54.1 Å². The topological polar surface area (TPSA) is 67.4 Å². The second-order valence-electron chi connectivity index (χ2n) is 6.94. The average molecular weight is 379 g/mol. The van der Waals surface area contributed by atoms with Gasteiger partial charge in [-0.3, -0.25) is 9.89 Å². The fourth-order valence-electron chi connectivity index (χ4n) is 3.29. The van der Waals surface area contributed by atoms with Gasteiger partial charge in [-0.1, -0.05) is 13.8 Å². The van der Waals surface area contributed by atoms with Crippen molar-refractivity contribution in [3.05, 3.63) is 23.8 Å². The number of rotatable bonds is 8. The normalized spacial score (nSPS) is 16.9. The van der Waals surface area contributed by atoms with Crippen molar-refractivity contribution < 1.29 is 14.2 Å². The van der Waals surface area contributed by atoms with E-state index < -0.39 is 0 Å². The zero-order chi connectivity index (χ0) is 19.6. The Morgan fingerprint density at radius 3 is 2.52 bits per heavy atom. The minimum atomic E-state index is 0.447. The summed E-state index contributed by atoms with van der Waals surface area (Å²) in [5.41, 5.74) is 1.05. The van der Waals surface area contributed by atoms with E-state index in [0.29, 0.717) is 18.5 Å². The van der Waals surface area contributed by atoms with E-state index in [9.17, 15) is 0 Å². The molecule has 1 aromatic carbocycles. The number of guanidine groups is 1. The van der Waals surface area contributed by atoms with Gasteiger partial charge >= 0.3 is 0 Å². The molecule has 0 aliphatic carbocycles. The van der Waals surface area contributed by atoms with Crippen molar-refractivity contribution in [2.24, 2.45) is 10.9 Å². The van der Waals surface area contributed by atoms with Crippen molar-refractivity contribution in [1.82, 2.24) is 15.5 Å². The van der Waals surface area contributed by atoms with Crippen LogP contribution in [0.5, 0.6) is 11.5 Å². The molecule has 0 spiro atoms. The van der Waals surface area contributed by atoms with Gasteiger partial charge in [-0.15, -0.1) is 0 Å². The summed E-state index contributed by atoms with van der Waals surface area (Å²) >= 11 is 0. The van der Waals surface area contributed by atoms with Crippen molar-refractivity contribution >= 4 is 5.96 Å². The molecule has 0 saturated carbocycles. The highest BCUT2D eigenvalue weighted by molar-refractivity contribution is 5.79. The number of nitrogens with one attached hydrogen (secondary N) is 2. The predicted molar refractivity (Wildman–Crippen MR) is 109 cm³/mol. The van der Waals surface area contributed by atoms with E-state index in [4.69, 9.17) is 14.2 Å². The standard InChI is InChI=1S/C20H34N4O3/c1-15(2)18(24-8-10-27-11-9-24)14-23-20(21-3)22-13-16-6-7-17(25-4)12-19(16)26-5/h6-7,12,15,18H,8-11,13-14H2,1-5H3,(H2,21,22,23). The van der Waals surface area contributed by atoms with Crippen molar-refractivity contribution in [3.63, 3.8) is 0 Å². The van der Waals surface area contributed by atoms with Crippen LogP contribution in [0.4, 0.5) is 0 Å². The Hall–Kier alpha value is -1.99. The van der Waals surface area contributed by atoms with E-state index in [0.717, 1.165) is 55.9 Å². The molecule has 1 atom stereocenters. The lowest BCUT2D eigenvalue weighted by atomic mass is 10.0. The Morgan fingerprint density at radius 2 is 1.93 bits per heavy atom. The van der Waals surface area contributed by atoms with Crippen LogP contribution in [0.1, 0.15) is 19.4 Å². The third kappa shape index (κ3) is 6.29. The molecule has 1 saturated heterocycles. The molecule has 0 amide bonds. The van der Waals surface area contributed by atoms with E-state index in [2.05, 4.69) is 34.4 Å². The number of benzene rings is 1. The van der Waals surface area contributed by atoms with E-state index in [1.54, 1.807) is 21.3 Å². The molecule has 27 heavy (non-hydrogen) atoms. The molecular weight excluding hydrogens is 344 g/mol. The highest BCUT2D eigenvalue weighted by Crippen LogP contribution is 2.24. The minimum absolute atomic E-state index is 0.447. The summed E-state index contributed by atoms with van der Waals surface area (Å²) in [6.07, 6.45) is 0. The number of hydrogen-bond acceptors (Lipinski definition) is 5. The summed E-state index contributed by atoms with van der Waals surface area (Å²) in [5, 5.41) is 6.84. The molecule has 152 valence electrons. The van der Waals surface area contributed by atoms with Gasteiger partial charge in [0.05, 0.1) is 27.4 Å². The van der Waals surface area contributed by atoms with Crippen LogP contribution in [0.2, 0.25) is 0 Å². The molecule has 2 N–H and O–H groups in total. The largest absolute Gasteiger partial charge is 0.497 e. The first-order chi connectivity index (χ1) is 13.1. The highest BCUT2D eigenvalue weighted by Gasteiger charge is 2.23. The number of hydrogen-bond donors (Lipinski definition) is 2. The fraction of sp³-hybridized carbons (Fsp3) is 0.650. The van der Waals surface area contributed by atoms with Crippen molar-refractivity contribution in [1.29, 1.82) is 0 Å². The number of nitrogens with zero attached hydrogens (tertiary/aromatic N) is 2. The Labute approximate surface area is 163 Å². The summed E-state index contributed by atoms with van der Waals surface area (Å²) in [4.78, 5) is 6.86. The van der Waals surface area contributed by atoms with Gasteiger partial charge in [0.25, 0.3) is 0 Å². The smallest absolute Gasteiger partial charge is 0.191 e. The Morgan fingerprint density at radius 1 is 1.19 bits per heavy atom. The lowest BCUT2D eigenvalue weighted by molar-refractivity contribution is 0.00752. The molecule has 1 unspecified atom stereocenters. The summed E-state index contributed by atoms with van der Waals surface area (Å²) in [5.74, 6) is 2.91. The second kappa shape index (κ2) is 11.0. The molecule has 0 bridgehead atoms. The Bertz CT molecular complexity index is 601. The van der Waals surface area contributed by atoms with Crippen LogP contribution in [0.15, 0.2) is 23.2 Å². The lowest BCUT2D eigenvalue weighted by Crippen LogP contribution is -2.52. The monoisotopic (exact) mass is 378 g/mol. The van der Waals surface area contributed by atoms with Crippen molar-refractivity contribution in [3.8, 4) is 11.5 Å². The fourth-order valence-corrected chi connectivity index (χ4v) is 3.29. The third-order valence-corrected chi connectivity index (χ3v) is 4.93. The molecule has 2 rings (SSSR count). The number of morpholine rings is 1. The molecule has 0 aromatic heterocycles. The SMILES string of the molecule is CN=C(NCc1ccc(OC)cc1OC)NCC(C(C)C)N1CCOCC1. The first-order valence-corrected chi connectivity index (χ1v) is 9.56. The molecule has 1 fully saturated rings. The summed E-state index contributed by atoms with van der Waals surface area (Å²) in [6, 6.07) is 6.27. The molecular formula is C20H34N4O3. The van der Waals surface area contributed by atoms with Crippen LogP contribution in [0.25, 0.3) is 0 Å². The zero-order valence-electron chi connectivity index (χ0n) is 17.2. The van der Waals surface area contributed by atoms with E-state index in [-0.39, 0.29) is 0 Å². The van der Waals surface area contributed by atoms with Crippen LogP contribution in [-0.2, 0) is 11.3 Å². The van der Waals surface area contributed by atoms with Crippen LogP contribution < -0.4 is 20.1 Å². The predicted octanol–water partition coefficient (Wildman–Crippen LogP) is 1.73. The van der Waals surface area contributed by atoms with Crippen LogP contribution in [-0.4, -0.2) is 71.0 Å². The molecule has 1 aliphatic heterocycles. The third-order valence-electron chi connectivity index (χ3n) is 4.93. The number of aliphatic imine (C=N–C) groups is 1. The Kier molecular flexibility index (Phi) is 8.67. The van der Waals surface area contributed by atoms with Crippen molar-refractivity contribution in [2.45, 2.75) is 26.4 Å². The zero-order valence-corrected chi connectivity index (χ0v) is 17.2. The first kappa shape index (κ1) is 21.3. The molecule has 1 heterocycles. The van der Waals surface area contributed by atoms with Gasteiger partial charge < -0.3 is 24.8 Å². The van der Waals surface area contributed by atoms with Gasteiger partial charge in [-0.2, -0.15) is 0 Å². The maximum absolute atomic E-state index is 5.48. The average Bonchev–Trinajstić information content (AvgIpc) is 2.70. The van der Waals surface area contributed by atoms with Gasteiger partial charge in [0.15, 0.2) is 5.96 Å². The van der Waals surface area contributed by atoms with Gasteiger partial charge in [-0.25, -0.2) is 0 Å². The molecule has 1 aromatic rings. The van der Waals surface area contributed by atoms with Crippen LogP contribution >= 0.6 is 0 Å². The van der Waals surface area contributed by atoms with E-state index in [1.807, 2.05) is 18.2 Å². The Balaban J connectivity index is 1.91. The van der Waals surface area contributed by atoms with Gasteiger partial charge in [0, 0.05) is 50.9 Å².